The van der Waals surface area contributed by atoms with E-state index in [1.54, 1.807) is 0 Å². The number of nitrogens with two attached hydrogens (primary N) is 1. The van der Waals surface area contributed by atoms with Gasteiger partial charge in [-0.25, -0.2) is 5.48 Å². The van der Waals surface area contributed by atoms with Gasteiger partial charge in [-0.15, -0.1) is 0 Å². The van der Waals surface area contributed by atoms with Gasteiger partial charge >= 0.3 is 0 Å². The summed E-state index contributed by atoms with van der Waals surface area (Å²) in [5.74, 6) is 0.390. The second-order valence-corrected chi connectivity index (χ2v) is 5.53. The molecule has 0 radical (unpaired) electrons. The maximum absolute atomic E-state index is 12.2. The molecule has 4 heteroatoms. The molecule has 0 atom stereocenters. The van der Waals surface area contributed by atoms with Gasteiger partial charge < -0.3 is 5.73 Å². The molecule has 1 saturated carbocycles. The van der Waals surface area contributed by atoms with Crippen LogP contribution < -0.4 is 11.2 Å². The molecule has 0 heterocycles. The lowest BCUT2D eigenvalue weighted by Crippen LogP contribution is -2.46. The van der Waals surface area contributed by atoms with Gasteiger partial charge in [-0.1, -0.05) is 39.5 Å². The Kier molecular flexibility index (Phi) is 5.92. The second-order valence-electron chi connectivity index (χ2n) is 5.53. The molecule has 0 aliphatic heterocycles. The summed E-state index contributed by atoms with van der Waals surface area (Å²) in [6.07, 6.45) is 6.38. The van der Waals surface area contributed by atoms with Crippen LogP contribution in [-0.2, 0) is 9.63 Å². The molecule has 4 nitrogen and oxygen atoms in total. The van der Waals surface area contributed by atoms with Crippen LogP contribution in [-0.4, -0.2) is 19.1 Å². The Morgan fingerprint density at radius 2 is 1.88 bits per heavy atom. The van der Waals surface area contributed by atoms with Gasteiger partial charge in [-0.05, 0) is 18.8 Å². The van der Waals surface area contributed by atoms with Crippen molar-refractivity contribution in [1.82, 2.24) is 5.48 Å². The van der Waals surface area contributed by atoms with E-state index in [2.05, 4.69) is 19.3 Å². The van der Waals surface area contributed by atoms with E-state index in [1.807, 2.05) is 0 Å². The highest BCUT2D eigenvalue weighted by atomic mass is 16.7. The van der Waals surface area contributed by atoms with Crippen molar-refractivity contribution in [3.05, 3.63) is 0 Å². The van der Waals surface area contributed by atoms with Gasteiger partial charge in [0.05, 0.1) is 12.0 Å². The SMILES string of the molecule is CC(C)CONC(=O)C1(CN)CCCCCC1. The van der Waals surface area contributed by atoms with Crippen LogP contribution in [0.2, 0.25) is 0 Å². The number of hydrogen-bond acceptors (Lipinski definition) is 3. The zero-order valence-corrected chi connectivity index (χ0v) is 11.1. The van der Waals surface area contributed by atoms with Crippen LogP contribution in [0.25, 0.3) is 0 Å². The smallest absolute Gasteiger partial charge is 0.251 e. The maximum Gasteiger partial charge on any atom is 0.251 e. The molecule has 3 N–H and O–H groups in total. The first-order valence-corrected chi connectivity index (χ1v) is 6.73. The molecule has 0 aromatic carbocycles. The lowest BCUT2D eigenvalue weighted by atomic mass is 9.80. The molecule has 0 bridgehead atoms. The summed E-state index contributed by atoms with van der Waals surface area (Å²) in [5.41, 5.74) is 8.01. The molecule has 1 aliphatic rings. The molecule has 0 aromatic heterocycles. The number of hydroxylamine groups is 1. The fourth-order valence-electron chi connectivity index (χ4n) is 2.31. The Bertz CT molecular complexity index is 234. The lowest BCUT2D eigenvalue weighted by Gasteiger charge is -2.29. The van der Waals surface area contributed by atoms with Crippen molar-refractivity contribution in [1.29, 1.82) is 0 Å². The monoisotopic (exact) mass is 242 g/mol. The molecule has 0 spiro atoms. The largest absolute Gasteiger partial charge is 0.329 e. The van der Waals surface area contributed by atoms with Gasteiger partial charge in [0.25, 0.3) is 5.91 Å². The van der Waals surface area contributed by atoms with Crippen molar-refractivity contribution in [2.75, 3.05) is 13.2 Å². The zero-order valence-electron chi connectivity index (χ0n) is 11.1. The van der Waals surface area contributed by atoms with Crippen LogP contribution in [0.5, 0.6) is 0 Å². The molecule has 1 fully saturated rings. The van der Waals surface area contributed by atoms with Crippen molar-refractivity contribution >= 4 is 5.91 Å². The highest BCUT2D eigenvalue weighted by Crippen LogP contribution is 2.34. The van der Waals surface area contributed by atoms with Gasteiger partial charge in [0.2, 0.25) is 0 Å². The van der Waals surface area contributed by atoms with Crippen LogP contribution in [0.3, 0.4) is 0 Å². The van der Waals surface area contributed by atoms with Crippen molar-refractivity contribution in [3.8, 4) is 0 Å². The van der Waals surface area contributed by atoms with Crippen LogP contribution in [0.4, 0.5) is 0 Å². The molecular weight excluding hydrogens is 216 g/mol. The van der Waals surface area contributed by atoms with Gasteiger partial charge in [0, 0.05) is 6.54 Å². The topological polar surface area (TPSA) is 64.3 Å². The van der Waals surface area contributed by atoms with Gasteiger partial charge in [-0.2, -0.15) is 0 Å². The molecular formula is C13H26N2O2. The first kappa shape index (κ1) is 14.5. The quantitative estimate of drug-likeness (QED) is 0.572. The standard InChI is InChI=1S/C13H26N2O2/c1-11(2)9-17-15-12(16)13(10-14)7-5-3-4-6-8-13/h11H,3-10,14H2,1-2H3,(H,15,16). The van der Waals surface area contributed by atoms with Crippen LogP contribution in [0.1, 0.15) is 52.4 Å². The number of rotatable bonds is 5. The molecule has 100 valence electrons. The Hall–Kier alpha value is -0.610. The third kappa shape index (κ3) is 4.28. The van der Waals surface area contributed by atoms with Crippen molar-refractivity contribution in [3.63, 3.8) is 0 Å². The maximum atomic E-state index is 12.2. The average Bonchev–Trinajstić information content (AvgIpc) is 2.54. The molecule has 0 aromatic rings. The molecule has 1 rings (SSSR count). The van der Waals surface area contributed by atoms with Gasteiger partial charge in [-0.3, -0.25) is 9.63 Å². The first-order chi connectivity index (χ1) is 8.10. The first-order valence-electron chi connectivity index (χ1n) is 6.73. The summed E-state index contributed by atoms with van der Waals surface area (Å²) in [4.78, 5) is 17.4. The average molecular weight is 242 g/mol. The molecule has 0 saturated heterocycles. The van der Waals surface area contributed by atoms with Crippen LogP contribution in [0, 0.1) is 11.3 Å². The molecule has 0 unspecified atom stereocenters. The fourth-order valence-corrected chi connectivity index (χ4v) is 2.31. The summed E-state index contributed by atoms with van der Waals surface area (Å²) in [6.45, 7) is 5.07. The zero-order chi connectivity index (χ0) is 12.7. The summed E-state index contributed by atoms with van der Waals surface area (Å²) >= 11 is 0. The van der Waals surface area contributed by atoms with E-state index >= 15 is 0 Å². The van der Waals surface area contributed by atoms with E-state index in [9.17, 15) is 4.79 Å². The summed E-state index contributed by atoms with van der Waals surface area (Å²) in [6, 6.07) is 0. The summed E-state index contributed by atoms with van der Waals surface area (Å²) in [5, 5.41) is 0. The predicted octanol–water partition coefficient (Wildman–Crippen LogP) is 1.99. The van der Waals surface area contributed by atoms with E-state index in [1.165, 1.54) is 12.8 Å². The van der Waals surface area contributed by atoms with E-state index in [0.717, 1.165) is 25.7 Å². The van der Waals surface area contributed by atoms with E-state index in [4.69, 9.17) is 10.6 Å². The Balaban J connectivity index is 2.49. The third-order valence-corrected chi connectivity index (χ3v) is 3.51. The number of carbonyl (C=O) groups excluding carboxylic acids is 1. The Morgan fingerprint density at radius 3 is 2.35 bits per heavy atom. The minimum Gasteiger partial charge on any atom is -0.329 e. The Labute approximate surface area is 104 Å². The number of hydrogen-bond donors (Lipinski definition) is 2. The minimum atomic E-state index is -0.395. The molecule has 1 amide bonds. The second kappa shape index (κ2) is 6.97. The van der Waals surface area contributed by atoms with Gasteiger partial charge in [0.15, 0.2) is 0 Å². The lowest BCUT2D eigenvalue weighted by molar-refractivity contribution is -0.145. The third-order valence-electron chi connectivity index (χ3n) is 3.51. The van der Waals surface area contributed by atoms with E-state index in [0.29, 0.717) is 19.1 Å². The number of carbonyl (C=O) groups is 1. The van der Waals surface area contributed by atoms with Crippen LogP contribution in [0.15, 0.2) is 0 Å². The fraction of sp³-hybridized carbons (Fsp3) is 0.923. The van der Waals surface area contributed by atoms with Crippen molar-refractivity contribution < 1.29 is 9.63 Å². The summed E-state index contributed by atoms with van der Waals surface area (Å²) in [7, 11) is 0. The highest BCUT2D eigenvalue weighted by molar-refractivity contribution is 5.82. The number of nitrogens with one attached hydrogen (secondary N) is 1. The normalized spacial score (nSPS) is 20.0. The predicted molar refractivity (Wildman–Crippen MR) is 68.1 cm³/mol. The van der Waals surface area contributed by atoms with Crippen LogP contribution >= 0.6 is 0 Å². The Morgan fingerprint density at radius 1 is 1.29 bits per heavy atom. The van der Waals surface area contributed by atoms with Crippen molar-refractivity contribution in [2.45, 2.75) is 52.4 Å². The summed E-state index contributed by atoms with van der Waals surface area (Å²) < 4.78 is 0. The molecule has 17 heavy (non-hydrogen) atoms. The van der Waals surface area contributed by atoms with Crippen molar-refractivity contribution in [2.24, 2.45) is 17.1 Å². The van der Waals surface area contributed by atoms with E-state index < -0.39 is 5.41 Å². The van der Waals surface area contributed by atoms with Gasteiger partial charge in [0.1, 0.15) is 0 Å². The molecule has 1 aliphatic carbocycles. The minimum absolute atomic E-state index is 0.0254. The highest BCUT2D eigenvalue weighted by Gasteiger charge is 2.37. The van der Waals surface area contributed by atoms with E-state index in [-0.39, 0.29) is 5.91 Å². The number of amides is 1.